The number of likely N-dealkylation sites (tertiary alicyclic amines) is 1. The maximum atomic E-state index is 15.3. The Bertz CT molecular complexity index is 1710. The highest BCUT2D eigenvalue weighted by atomic mass is 19.1. The first-order valence-electron chi connectivity index (χ1n) is 15.6. The van der Waals surface area contributed by atoms with E-state index < -0.39 is 17.8 Å². The van der Waals surface area contributed by atoms with Crippen LogP contribution in [0.25, 0.3) is 22.3 Å². The van der Waals surface area contributed by atoms with Crippen molar-refractivity contribution in [2.24, 2.45) is 0 Å². The lowest BCUT2D eigenvalue weighted by Crippen LogP contribution is -2.40. The summed E-state index contributed by atoms with van der Waals surface area (Å²) >= 11 is 0. The number of hydrogen-bond acceptors (Lipinski definition) is 8. The average molecular weight is 648 g/mol. The van der Waals surface area contributed by atoms with E-state index in [1.807, 2.05) is 34.7 Å². The topological polar surface area (TPSA) is 172 Å². The van der Waals surface area contributed by atoms with Crippen LogP contribution in [0.5, 0.6) is 0 Å². The Labute approximate surface area is 273 Å². The van der Waals surface area contributed by atoms with Gasteiger partial charge in [0.05, 0.1) is 17.1 Å². The van der Waals surface area contributed by atoms with Crippen molar-refractivity contribution >= 4 is 46.1 Å². The number of rotatable bonds is 9. The largest absolute Gasteiger partial charge is 0.481 e. The van der Waals surface area contributed by atoms with E-state index in [0.29, 0.717) is 60.3 Å². The molecule has 5 rings (SSSR count). The molecular weight excluding hydrogens is 605 g/mol. The first-order valence-corrected chi connectivity index (χ1v) is 15.6. The van der Waals surface area contributed by atoms with Gasteiger partial charge in [-0.2, -0.15) is 5.10 Å². The van der Waals surface area contributed by atoms with Crippen LogP contribution < -0.4 is 16.4 Å². The van der Waals surface area contributed by atoms with E-state index in [-0.39, 0.29) is 23.5 Å². The molecule has 0 spiro atoms. The molecule has 3 heterocycles. The molecular formula is C33H42FN9O4. The molecule has 0 atom stereocenters. The number of hydrogen-bond donors (Lipinski definition) is 4. The van der Waals surface area contributed by atoms with Crippen molar-refractivity contribution < 1.29 is 23.9 Å². The molecule has 14 heteroatoms. The zero-order valence-corrected chi connectivity index (χ0v) is 27.2. The number of nitrogens with zero attached hydrogens (tertiary/aromatic N) is 6. The Balaban J connectivity index is 0.00000118. The molecule has 1 aliphatic rings. The van der Waals surface area contributed by atoms with Gasteiger partial charge in [0.1, 0.15) is 23.7 Å². The summed E-state index contributed by atoms with van der Waals surface area (Å²) in [7, 11) is 0. The van der Waals surface area contributed by atoms with E-state index in [2.05, 4.69) is 39.3 Å². The highest BCUT2D eigenvalue weighted by Gasteiger charge is 2.28. The minimum absolute atomic E-state index is 0.00603. The number of halogens is 1. The Morgan fingerprint density at radius 1 is 1.06 bits per heavy atom. The Hall–Kier alpha value is -5.11. The van der Waals surface area contributed by atoms with E-state index in [1.165, 1.54) is 18.5 Å². The third kappa shape index (κ3) is 9.00. The van der Waals surface area contributed by atoms with E-state index in [4.69, 9.17) is 20.7 Å². The third-order valence-electron chi connectivity index (χ3n) is 7.98. The Kier molecular flexibility index (Phi) is 11.8. The molecule has 5 N–H and O–H groups in total. The molecule has 3 amide bonds. The van der Waals surface area contributed by atoms with Crippen LogP contribution in [-0.2, 0) is 9.59 Å². The number of carboxylic acid groups (broad SMARTS) is 1. The summed E-state index contributed by atoms with van der Waals surface area (Å²) in [5, 5.41) is 18.1. The molecule has 250 valence electrons. The molecule has 0 unspecified atom stereocenters. The summed E-state index contributed by atoms with van der Waals surface area (Å²) < 4.78 is 17.1. The quantitative estimate of drug-likeness (QED) is 0.192. The number of carbonyl (C=O) groups is 3. The first kappa shape index (κ1) is 34.8. The third-order valence-corrected chi connectivity index (χ3v) is 7.98. The number of carboxylic acids is 1. The maximum absolute atomic E-state index is 15.3. The number of piperidine rings is 1. The van der Waals surface area contributed by atoms with Crippen LogP contribution in [0.3, 0.4) is 0 Å². The summed E-state index contributed by atoms with van der Waals surface area (Å²) in [6, 6.07) is 11.3. The van der Waals surface area contributed by atoms with Gasteiger partial charge in [0.2, 0.25) is 5.91 Å². The highest BCUT2D eigenvalue weighted by molar-refractivity contribution is 6.01. The van der Waals surface area contributed by atoms with Crippen LogP contribution in [0.1, 0.15) is 51.6 Å². The molecule has 1 aliphatic heterocycles. The van der Waals surface area contributed by atoms with E-state index in [1.54, 1.807) is 12.1 Å². The van der Waals surface area contributed by atoms with Gasteiger partial charge in [-0.1, -0.05) is 32.0 Å². The minimum atomic E-state index is -0.833. The fourth-order valence-corrected chi connectivity index (χ4v) is 5.53. The number of aliphatic carboxylic acids is 1. The smallest absolute Gasteiger partial charge is 0.323 e. The second-order valence-electron chi connectivity index (χ2n) is 11.3. The summed E-state index contributed by atoms with van der Waals surface area (Å²) in [6.45, 7) is 11.1. The second kappa shape index (κ2) is 15.9. The lowest BCUT2D eigenvalue weighted by molar-refractivity contribution is -0.134. The molecule has 1 fully saturated rings. The van der Waals surface area contributed by atoms with Gasteiger partial charge in [-0.3, -0.25) is 9.59 Å². The second-order valence-corrected chi connectivity index (χ2v) is 11.3. The van der Waals surface area contributed by atoms with Crippen molar-refractivity contribution in [2.75, 3.05) is 49.1 Å². The van der Waals surface area contributed by atoms with Gasteiger partial charge in [0, 0.05) is 44.2 Å². The van der Waals surface area contributed by atoms with Crippen LogP contribution in [0.15, 0.2) is 48.8 Å². The van der Waals surface area contributed by atoms with Crippen LogP contribution in [0.4, 0.5) is 26.4 Å². The molecule has 0 saturated carbocycles. The minimum Gasteiger partial charge on any atom is -0.481 e. The summed E-state index contributed by atoms with van der Waals surface area (Å²) in [6.07, 6.45) is 3.33. The molecule has 0 bridgehead atoms. The fourth-order valence-electron chi connectivity index (χ4n) is 5.53. The molecule has 0 radical (unpaired) electrons. The van der Waals surface area contributed by atoms with Crippen LogP contribution in [0.2, 0.25) is 0 Å². The number of nitrogens with one attached hydrogen (secondary N) is 2. The van der Waals surface area contributed by atoms with Gasteiger partial charge in [-0.05, 0) is 62.7 Å². The van der Waals surface area contributed by atoms with Crippen molar-refractivity contribution in [3.05, 3.63) is 60.2 Å². The van der Waals surface area contributed by atoms with E-state index in [9.17, 15) is 9.59 Å². The van der Waals surface area contributed by atoms with Gasteiger partial charge < -0.3 is 31.3 Å². The molecule has 4 aromatic rings. The number of carbonyl (C=O) groups excluding carboxylic acids is 2. The number of benzene rings is 2. The van der Waals surface area contributed by atoms with Crippen molar-refractivity contribution in [3.63, 3.8) is 0 Å². The Morgan fingerprint density at radius 2 is 1.77 bits per heavy atom. The average Bonchev–Trinajstić information content (AvgIpc) is 3.43. The predicted octanol–water partition coefficient (Wildman–Crippen LogP) is 5.15. The summed E-state index contributed by atoms with van der Waals surface area (Å²) in [4.78, 5) is 47.1. The van der Waals surface area contributed by atoms with Crippen molar-refractivity contribution in [3.8, 4) is 11.3 Å². The molecule has 13 nitrogen and oxygen atoms in total. The predicted molar refractivity (Wildman–Crippen MR) is 180 cm³/mol. The van der Waals surface area contributed by atoms with Crippen molar-refractivity contribution in [1.29, 1.82) is 0 Å². The molecule has 0 aliphatic carbocycles. The maximum Gasteiger partial charge on any atom is 0.323 e. The van der Waals surface area contributed by atoms with Gasteiger partial charge >= 0.3 is 6.03 Å². The molecule has 47 heavy (non-hydrogen) atoms. The number of nitrogens with two attached hydrogens (primary N) is 1. The van der Waals surface area contributed by atoms with Crippen molar-refractivity contribution in [2.45, 2.75) is 53.0 Å². The number of fused-ring (bicyclic) bond motifs is 1. The molecule has 1 saturated heterocycles. The highest BCUT2D eigenvalue weighted by Crippen LogP contribution is 2.35. The van der Waals surface area contributed by atoms with Gasteiger partial charge in [0.25, 0.3) is 5.97 Å². The summed E-state index contributed by atoms with van der Waals surface area (Å²) in [5.41, 5.74) is 9.41. The SMILES string of the molecule is CC(=O)O.CCN(CC)CCC(=O)N1CCC(n2nc(-c3ccc(NC(=O)Nc4cccc(C)c4)c(F)c3)c3c(N)ncnc32)CC1. The van der Waals surface area contributed by atoms with E-state index in [0.717, 1.165) is 32.1 Å². The lowest BCUT2D eigenvalue weighted by Gasteiger charge is -2.32. The van der Waals surface area contributed by atoms with Crippen LogP contribution >= 0.6 is 0 Å². The van der Waals surface area contributed by atoms with Crippen molar-refractivity contribution in [1.82, 2.24) is 29.5 Å². The van der Waals surface area contributed by atoms with Crippen LogP contribution in [0, 0.1) is 12.7 Å². The zero-order valence-electron chi connectivity index (χ0n) is 27.2. The number of aromatic nitrogens is 4. The van der Waals surface area contributed by atoms with Gasteiger partial charge in [0.15, 0.2) is 5.65 Å². The number of anilines is 3. The zero-order chi connectivity index (χ0) is 34.1. The van der Waals surface area contributed by atoms with E-state index >= 15 is 4.39 Å². The van der Waals surface area contributed by atoms with Gasteiger partial charge in [-0.25, -0.2) is 23.8 Å². The standard InChI is InChI=1S/C31H38FN9O2.C2H4O2/c1-4-39(5-2)14-13-26(42)40-15-11-23(12-16-40)41-30-27(29(33)34-19-35-30)28(38-41)21-9-10-25(24(32)18-21)37-31(43)36-22-8-6-7-20(3)17-22;1-2(3)4/h6-10,17-19,23H,4-5,11-16H2,1-3H3,(H2,33,34,35)(H2,36,37,43);1H3,(H,3,4). The van der Waals surface area contributed by atoms with Crippen LogP contribution in [-0.4, -0.2) is 85.3 Å². The molecule has 2 aromatic carbocycles. The number of aryl methyl sites for hydroxylation is 1. The first-order chi connectivity index (χ1) is 22.5. The lowest BCUT2D eigenvalue weighted by atomic mass is 10.0. The monoisotopic (exact) mass is 647 g/mol. The van der Waals surface area contributed by atoms with Gasteiger partial charge in [-0.15, -0.1) is 0 Å². The molecule has 2 aromatic heterocycles. The summed E-state index contributed by atoms with van der Waals surface area (Å²) in [5.74, 6) is -1.04. The number of urea groups is 1. The Morgan fingerprint density at radius 3 is 2.40 bits per heavy atom. The normalized spacial score (nSPS) is 13.3. The number of amides is 3. The number of nitrogen functional groups attached to an aromatic ring is 1. The fraction of sp³-hybridized carbons (Fsp3) is 0.394.